The van der Waals surface area contributed by atoms with E-state index in [-0.39, 0.29) is 12.5 Å². The number of anilines is 1. The number of fused-ring (bicyclic) bond motifs is 1. The SMILES string of the molecule is CCc1cccc(C)c1CNc1cc(C(=O)N2CCN(CC(=O)OCOC(=O)C(C)(C)C)CC2)cc2c(C)c(C)n(CC3CC3)c12. The van der Waals surface area contributed by atoms with E-state index in [9.17, 15) is 14.4 Å². The van der Waals surface area contributed by atoms with Gasteiger partial charge in [-0.15, -0.1) is 0 Å². The zero-order chi connectivity index (χ0) is 33.2. The highest BCUT2D eigenvalue weighted by atomic mass is 16.7. The van der Waals surface area contributed by atoms with Gasteiger partial charge in [-0.2, -0.15) is 0 Å². The Hall–Kier alpha value is -3.85. The zero-order valence-corrected chi connectivity index (χ0v) is 28.6. The molecule has 2 aromatic carbocycles. The number of rotatable bonds is 11. The number of benzene rings is 2. The first-order valence-electron chi connectivity index (χ1n) is 16.7. The van der Waals surface area contributed by atoms with Crippen LogP contribution in [0.25, 0.3) is 10.9 Å². The molecule has 1 N–H and O–H groups in total. The Morgan fingerprint density at radius 2 is 1.70 bits per heavy atom. The summed E-state index contributed by atoms with van der Waals surface area (Å²) in [6, 6.07) is 10.6. The van der Waals surface area contributed by atoms with Crippen molar-refractivity contribution in [3.8, 4) is 0 Å². The Balaban J connectivity index is 1.30. The predicted octanol–water partition coefficient (Wildman–Crippen LogP) is 6.00. The summed E-state index contributed by atoms with van der Waals surface area (Å²) in [6.07, 6.45) is 3.51. The van der Waals surface area contributed by atoms with E-state index in [1.54, 1.807) is 20.8 Å². The number of hydrogen-bond acceptors (Lipinski definition) is 7. The maximum Gasteiger partial charge on any atom is 0.323 e. The third-order valence-corrected chi connectivity index (χ3v) is 9.49. The first-order chi connectivity index (χ1) is 21.9. The van der Waals surface area contributed by atoms with Crippen LogP contribution in [0.5, 0.6) is 0 Å². The molecule has 1 saturated carbocycles. The molecule has 0 radical (unpaired) electrons. The Morgan fingerprint density at radius 1 is 0.978 bits per heavy atom. The fraction of sp³-hybridized carbons (Fsp3) is 0.541. The molecular weight excluding hydrogens is 580 g/mol. The summed E-state index contributed by atoms with van der Waals surface area (Å²) in [4.78, 5) is 42.1. The Morgan fingerprint density at radius 3 is 2.35 bits per heavy atom. The predicted molar refractivity (Wildman–Crippen MR) is 181 cm³/mol. The van der Waals surface area contributed by atoms with Crippen molar-refractivity contribution in [1.82, 2.24) is 14.4 Å². The van der Waals surface area contributed by atoms with Crippen LogP contribution < -0.4 is 5.32 Å². The molecule has 3 aromatic rings. The summed E-state index contributed by atoms with van der Waals surface area (Å²) >= 11 is 0. The van der Waals surface area contributed by atoms with Gasteiger partial charge in [0.2, 0.25) is 6.79 Å². The van der Waals surface area contributed by atoms with Gasteiger partial charge in [0.1, 0.15) is 0 Å². The van der Waals surface area contributed by atoms with Crippen LogP contribution in [0.4, 0.5) is 5.69 Å². The van der Waals surface area contributed by atoms with E-state index in [2.05, 4.69) is 61.8 Å². The molecule has 1 amide bonds. The van der Waals surface area contributed by atoms with Crippen LogP contribution in [0.15, 0.2) is 30.3 Å². The molecule has 0 atom stereocenters. The normalized spacial score (nSPS) is 15.7. The van der Waals surface area contributed by atoms with Crippen molar-refractivity contribution < 1.29 is 23.9 Å². The monoisotopic (exact) mass is 630 g/mol. The molecule has 1 aromatic heterocycles. The first kappa shape index (κ1) is 33.5. The van der Waals surface area contributed by atoms with Crippen LogP contribution in [-0.4, -0.2) is 71.7 Å². The van der Waals surface area contributed by atoms with Gasteiger partial charge in [-0.3, -0.25) is 19.3 Å². The zero-order valence-electron chi connectivity index (χ0n) is 28.6. The molecule has 1 aliphatic heterocycles. The summed E-state index contributed by atoms with van der Waals surface area (Å²) in [5.74, 6) is -0.157. The van der Waals surface area contributed by atoms with Gasteiger partial charge in [0, 0.05) is 55.9 Å². The van der Waals surface area contributed by atoms with E-state index in [0.717, 1.165) is 30.0 Å². The van der Waals surface area contributed by atoms with Crippen molar-refractivity contribution in [2.45, 2.75) is 80.8 Å². The first-order valence-corrected chi connectivity index (χ1v) is 16.7. The summed E-state index contributed by atoms with van der Waals surface area (Å²) in [5, 5.41) is 4.90. The molecule has 1 aliphatic carbocycles. The number of piperazine rings is 1. The molecule has 2 heterocycles. The number of ether oxygens (including phenoxy) is 2. The number of aromatic nitrogens is 1. The molecule has 2 aliphatic rings. The van der Waals surface area contributed by atoms with Gasteiger partial charge in [-0.05, 0) is 101 Å². The fourth-order valence-corrected chi connectivity index (χ4v) is 6.24. The number of hydrogen-bond donors (Lipinski definition) is 1. The largest absolute Gasteiger partial charge is 0.427 e. The molecule has 0 spiro atoms. The van der Waals surface area contributed by atoms with Crippen molar-refractivity contribution in [1.29, 1.82) is 0 Å². The second-order valence-electron chi connectivity index (χ2n) is 14.0. The minimum atomic E-state index is -0.658. The summed E-state index contributed by atoms with van der Waals surface area (Å²) in [5.41, 5.74) is 8.59. The van der Waals surface area contributed by atoms with Gasteiger partial charge in [0.05, 0.1) is 23.2 Å². The van der Waals surface area contributed by atoms with Crippen LogP contribution in [0.3, 0.4) is 0 Å². The van der Waals surface area contributed by atoms with Crippen molar-refractivity contribution in [2.75, 3.05) is 44.8 Å². The molecular formula is C37H50N4O5. The van der Waals surface area contributed by atoms with E-state index < -0.39 is 24.1 Å². The average molecular weight is 631 g/mol. The molecule has 0 unspecified atom stereocenters. The third kappa shape index (κ3) is 7.57. The average Bonchev–Trinajstić information content (AvgIpc) is 3.82. The second-order valence-corrected chi connectivity index (χ2v) is 14.0. The molecule has 1 saturated heterocycles. The lowest BCUT2D eigenvalue weighted by Gasteiger charge is -2.34. The highest BCUT2D eigenvalue weighted by molar-refractivity contribution is 6.04. The van der Waals surface area contributed by atoms with Crippen LogP contribution >= 0.6 is 0 Å². The maximum absolute atomic E-state index is 14.0. The lowest BCUT2D eigenvalue weighted by atomic mass is 9.98. The van der Waals surface area contributed by atoms with Crippen LogP contribution in [-0.2, 0) is 38.6 Å². The van der Waals surface area contributed by atoms with Crippen molar-refractivity contribution in [2.24, 2.45) is 11.3 Å². The third-order valence-electron chi connectivity index (χ3n) is 9.49. The molecule has 9 nitrogen and oxygen atoms in total. The van der Waals surface area contributed by atoms with Gasteiger partial charge >= 0.3 is 11.9 Å². The number of carbonyl (C=O) groups is 3. The number of nitrogens with one attached hydrogen (secondary N) is 1. The van der Waals surface area contributed by atoms with Crippen LogP contribution in [0, 0.1) is 32.1 Å². The lowest BCUT2D eigenvalue weighted by Crippen LogP contribution is -2.50. The highest BCUT2D eigenvalue weighted by Gasteiger charge is 2.28. The molecule has 9 heteroatoms. The van der Waals surface area contributed by atoms with Crippen molar-refractivity contribution >= 4 is 34.4 Å². The molecule has 5 rings (SSSR count). The molecule has 2 fully saturated rings. The molecule has 0 bridgehead atoms. The highest BCUT2D eigenvalue weighted by Crippen LogP contribution is 2.38. The standard InChI is InChI=1S/C37H50N4O5/c1-8-28-11-9-10-24(2)31(28)20-38-32-19-29(18-30-25(3)26(4)41(34(30)32)21-27-12-13-27)35(43)40-16-14-39(15-17-40)22-33(42)45-23-46-36(44)37(5,6)7/h9-11,18-19,27,38H,8,12-17,20-23H2,1-7H3. The number of nitrogens with zero attached hydrogens (tertiary/aromatic N) is 3. The fourth-order valence-electron chi connectivity index (χ4n) is 6.24. The number of esters is 2. The quantitative estimate of drug-likeness (QED) is 0.205. The van der Waals surface area contributed by atoms with E-state index >= 15 is 0 Å². The summed E-state index contributed by atoms with van der Waals surface area (Å²) in [6.45, 7) is 17.5. The Bertz CT molecular complexity index is 1610. The van der Waals surface area contributed by atoms with Crippen LogP contribution in [0.1, 0.15) is 78.8 Å². The van der Waals surface area contributed by atoms with Crippen molar-refractivity contribution in [3.63, 3.8) is 0 Å². The maximum atomic E-state index is 14.0. The van der Waals surface area contributed by atoms with E-state index in [1.807, 2.05) is 15.9 Å². The number of amides is 1. The summed E-state index contributed by atoms with van der Waals surface area (Å²) in [7, 11) is 0. The van der Waals surface area contributed by atoms with E-state index in [4.69, 9.17) is 9.47 Å². The molecule has 46 heavy (non-hydrogen) atoms. The topological polar surface area (TPSA) is 93.1 Å². The smallest absolute Gasteiger partial charge is 0.323 e. The number of carbonyl (C=O) groups excluding carboxylic acids is 3. The number of aryl methyl sites for hydroxylation is 3. The van der Waals surface area contributed by atoms with Crippen LogP contribution in [0.2, 0.25) is 0 Å². The molecule has 248 valence electrons. The van der Waals surface area contributed by atoms with E-state index in [1.165, 1.54) is 46.3 Å². The minimum Gasteiger partial charge on any atom is -0.427 e. The van der Waals surface area contributed by atoms with Gasteiger partial charge < -0.3 is 24.3 Å². The Labute approximate surface area is 273 Å². The minimum absolute atomic E-state index is 0.00148. The lowest BCUT2D eigenvalue weighted by molar-refractivity contribution is -0.173. The van der Waals surface area contributed by atoms with Gasteiger partial charge in [-0.1, -0.05) is 25.1 Å². The summed E-state index contributed by atoms with van der Waals surface area (Å²) < 4.78 is 12.6. The van der Waals surface area contributed by atoms with Gasteiger partial charge in [0.25, 0.3) is 5.91 Å². The van der Waals surface area contributed by atoms with Gasteiger partial charge in [-0.25, -0.2) is 0 Å². The Kier molecular flexibility index (Phi) is 10.1. The van der Waals surface area contributed by atoms with E-state index in [0.29, 0.717) is 38.3 Å². The van der Waals surface area contributed by atoms with Gasteiger partial charge in [0.15, 0.2) is 0 Å². The second kappa shape index (κ2) is 13.9. The van der Waals surface area contributed by atoms with Crippen molar-refractivity contribution in [3.05, 3.63) is 63.8 Å².